The van der Waals surface area contributed by atoms with Gasteiger partial charge >= 0.3 is 0 Å². The number of nitrogens with two attached hydrogens (primary N) is 1. The first kappa shape index (κ1) is 10.5. The van der Waals surface area contributed by atoms with Crippen molar-refractivity contribution in [3.8, 4) is 0 Å². The summed E-state index contributed by atoms with van der Waals surface area (Å²) in [6.45, 7) is 1.17. The lowest BCUT2D eigenvalue weighted by Gasteiger charge is -2.09. The van der Waals surface area contributed by atoms with Crippen LogP contribution in [0.15, 0.2) is 0 Å². The Morgan fingerprint density at radius 3 is 2.92 bits per heavy atom. The molecule has 0 aromatic carbocycles. The van der Waals surface area contributed by atoms with Gasteiger partial charge in [0.05, 0.1) is 6.61 Å². The Bertz CT molecular complexity index is 173. The Morgan fingerprint density at radius 1 is 1.62 bits per heavy atom. The minimum atomic E-state index is 0.130. The fourth-order valence-corrected chi connectivity index (χ4v) is 1.68. The molecule has 1 aliphatic carbocycles. The van der Waals surface area contributed by atoms with Gasteiger partial charge in [-0.25, -0.2) is 0 Å². The van der Waals surface area contributed by atoms with E-state index in [0.717, 1.165) is 19.3 Å². The zero-order valence-electron chi connectivity index (χ0n) is 8.08. The standard InChI is InChI=1S/C9H18N2O2/c1-13-5-4-11-9(12)7-2-3-8(10)6-7/h7-8H,2-6,10H2,1H3,(H,11,12). The number of carbonyl (C=O) groups is 1. The number of methoxy groups -OCH3 is 1. The van der Waals surface area contributed by atoms with Gasteiger partial charge < -0.3 is 15.8 Å². The summed E-state index contributed by atoms with van der Waals surface area (Å²) in [5.41, 5.74) is 5.71. The number of carbonyl (C=O) groups excluding carboxylic acids is 1. The normalized spacial score (nSPS) is 27.5. The Labute approximate surface area is 78.8 Å². The van der Waals surface area contributed by atoms with Crippen LogP contribution in [0.4, 0.5) is 0 Å². The summed E-state index contributed by atoms with van der Waals surface area (Å²) >= 11 is 0. The van der Waals surface area contributed by atoms with Crippen molar-refractivity contribution in [1.29, 1.82) is 0 Å². The van der Waals surface area contributed by atoms with Crippen molar-refractivity contribution >= 4 is 5.91 Å². The van der Waals surface area contributed by atoms with Gasteiger partial charge in [-0.15, -0.1) is 0 Å². The average Bonchev–Trinajstić information content (AvgIpc) is 2.52. The van der Waals surface area contributed by atoms with Gasteiger partial charge in [-0.05, 0) is 19.3 Å². The summed E-state index contributed by atoms with van der Waals surface area (Å²) in [5.74, 6) is 0.261. The molecular weight excluding hydrogens is 168 g/mol. The second-order valence-corrected chi connectivity index (χ2v) is 3.55. The summed E-state index contributed by atoms with van der Waals surface area (Å²) in [6, 6.07) is 0.221. The molecule has 1 rings (SSSR count). The molecule has 1 amide bonds. The van der Waals surface area contributed by atoms with Crippen molar-refractivity contribution in [3.63, 3.8) is 0 Å². The third-order valence-electron chi connectivity index (χ3n) is 2.45. The van der Waals surface area contributed by atoms with Gasteiger partial charge in [-0.2, -0.15) is 0 Å². The van der Waals surface area contributed by atoms with Crippen LogP contribution in [-0.4, -0.2) is 32.2 Å². The molecule has 76 valence electrons. The quantitative estimate of drug-likeness (QED) is 0.601. The molecule has 13 heavy (non-hydrogen) atoms. The lowest BCUT2D eigenvalue weighted by molar-refractivity contribution is -0.125. The van der Waals surface area contributed by atoms with E-state index in [1.54, 1.807) is 7.11 Å². The molecule has 0 aromatic rings. The molecule has 0 heterocycles. The fraction of sp³-hybridized carbons (Fsp3) is 0.889. The maximum Gasteiger partial charge on any atom is 0.223 e. The Hall–Kier alpha value is -0.610. The van der Waals surface area contributed by atoms with E-state index in [1.807, 2.05) is 0 Å². The van der Waals surface area contributed by atoms with Crippen LogP contribution in [0.25, 0.3) is 0 Å². The summed E-state index contributed by atoms with van der Waals surface area (Å²) in [4.78, 5) is 11.4. The van der Waals surface area contributed by atoms with Crippen molar-refractivity contribution in [2.24, 2.45) is 11.7 Å². The van der Waals surface area contributed by atoms with Gasteiger partial charge in [0.15, 0.2) is 0 Å². The molecule has 0 spiro atoms. The molecule has 2 unspecified atom stereocenters. The number of hydrogen-bond donors (Lipinski definition) is 2. The largest absolute Gasteiger partial charge is 0.383 e. The minimum absolute atomic E-state index is 0.130. The average molecular weight is 186 g/mol. The van der Waals surface area contributed by atoms with Crippen molar-refractivity contribution in [2.45, 2.75) is 25.3 Å². The third-order valence-corrected chi connectivity index (χ3v) is 2.45. The third kappa shape index (κ3) is 3.32. The molecule has 0 saturated heterocycles. The molecule has 0 aliphatic heterocycles. The molecule has 1 aliphatic rings. The fourth-order valence-electron chi connectivity index (χ4n) is 1.68. The highest BCUT2D eigenvalue weighted by Gasteiger charge is 2.27. The van der Waals surface area contributed by atoms with Crippen LogP contribution in [0.2, 0.25) is 0 Å². The zero-order chi connectivity index (χ0) is 9.68. The highest BCUT2D eigenvalue weighted by Crippen LogP contribution is 2.23. The molecule has 1 saturated carbocycles. The van der Waals surface area contributed by atoms with Crippen LogP contribution in [0.1, 0.15) is 19.3 Å². The second kappa shape index (κ2) is 5.19. The smallest absolute Gasteiger partial charge is 0.223 e. The highest BCUT2D eigenvalue weighted by molar-refractivity contribution is 5.78. The molecule has 1 fully saturated rings. The van der Waals surface area contributed by atoms with Crippen LogP contribution in [-0.2, 0) is 9.53 Å². The van der Waals surface area contributed by atoms with Crippen LogP contribution in [0.3, 0.4) is 0 Å². The molecule has 0 bridgehead atoms. The van der Waals surface area contributed by atoms with Gasteiger partial charge in [-0.3, -0.25) is 4.79 Å². The lowest BCUT2D eigenvalue weighted by atomic mass is 10.1. The van der Waals surface area contributed by atoms with E-state index in [1.165, 1.54) is 0 Å². The lowest BCUT2D eigenvalue weighted by Crippen LogP contribution is -2.32. The number of ether oxygens (including phenoxy) is 1. The van der Waals surface area contributed by atoms with Crippen LogP contribution >= 0.6 is 0 Å². The van der Waals surface area contributed by atoms with Crippen molar-refractivity contribution in [1.82, 2.24) is 5.32 Å². The van der Waals surface area contributed by atoms with Gasteiger partial charge in [-0.1, -0.05) is 0 Å². The van der Waals surface area contributed by atoms with E-state index in [4.69, 9.17) is 10.5 Å². The first-order chi connectivity index (χ1) is 6.24. The SMILES string of the molecule is COCCNC(=O)C1CCC(N)C1. The van der Waals surface area contributed by atoms with Crippen LogP contribution in [0.5, 0.6) is 0 Å². The van der Waals surface area contributed by atoms with Crippen molar-refractivity contribution in [2.75, 3.05) is 20.3 Å². The molecule has 4 heteroatoms. The van der Waals surface area contributed by atoms with Gasteiger partial charge in [0.1, 0.15) is 0 Å². The molecular formula is C9H18N2O2. The summed E-state index contributed by atoms with van der Waals surface area (Å²) < 4.78 is 4.84. The molecule has 0 radical (unpaired) electrons. The van der Waals surface area contributed by atoms with Crippen LogP contribution in [0, 0.1) is 5.92 Å². The first-order valence-corrected chi connectivity index (χ1v) is 4.76. The van der Waals surface area contributed by atoms with E-state index in [9.17, 15) is 4.79 Å². The Kier molecular flexibility index (Phi) is 4.18. The molecule has 2 atom stereocenters. The summed E-state index contributed by atoms with van der Waals surface area (Å²) in [7, 11) is 1.62. The maximum absolute atomic E-state index is 11.4. The Morgan fingerprint density at radius 2 is 2.38 bits per heavy atom. The number of rotatable bonds is 4. The predicted molar refractivity (Wildman–Crippen MR) is 50.2 cm³/mol. The number of nitrogens with one attached hydrogen (secondary N) is 1. The van der Waals surface area contributed by atoms with E-state index in [-0.39, 0.29) is 17.9 Å². The zero-order valence-corrected chi connectivity index (χ0v) is 8.08. The molecule has 4 nitrogen and oxygen atoms in total. The summed E-state index contributed by atoms with van der Waals surface area (Å²) in [5, 5.41) is 2.83. The maximum atomic E-state index is 11.4. The number of amides is 1. The van der Waals surface area contributed by atoms with Gasteiger partial charge in [0, 0.05) is 25.6 Å². The predicted octanol–water partition coefficient (Wildman–Crippen LogP) is -0.124. The monoisotopic (exact) mass is 186 g/mol. The van der Waals surface area contributed by atoms with Crippen molar-refractivity contribution < 1.29 is 9.53 Å². The Balaban J connectivity index is 2.16. The topological polar surface area (TPSA) is 64.3 Å². The van der Waals surface area contributed by atoms with Crippen LogP contribution < -0.4 is 11.1 Å². The molecule has 0 aromatic heterocycles. The number of hydrogen-bond acceptors (Lipinski definition) is 3. The van der Waals surface area contributed by atoms with E-state index in [0.29, 0.717) is 13.2 Å². The van der Waals surface area contributed by atoms with Crippen molar-refractivity contribution in [3.05, 3.63) is 0 Å². The highest BCUT2D eigenvalue weighted by atomic mass is 16.5. The minimum Gasteiger partial charge on any atom is -0.383 e. The van der Waals surface area contributed by atoms with E-state index in [2.05, 4.69) is 5.32 Å². The van der Waals surface area contributed by atoms with E-state index >= 15 is 0 Å². The van der Waals surface area contributed by atoms with E-state index < -0.39 is 0 Å². The molecule has 3 N–H and O–H groups in total. The second-order valence-electron chi connectivity index (χ2n) is 3.55. The van der Waals surface area contributed by atoms with Gasteiger partial charge in [0.25, 0.3) is 0 Å². The summed E-state index contributed by atoms with van der Waals surface area (Å²) in [6.07, 6.45) is 2.74. The first-order valence-electron chi connectivity index (χ1n) is 4.76. The van der Waals surface area contributed by atoms with Gasteiger partial charge in [0.2, 0.25) is 5.91 Å².